The van der Waals surface area contributed by atoms with Gasteiger partial charge in [0, 0.05) is 102 Å². The first kappa shape index (κ1) is 104. The van der Waals surface area contributed by atoms with E-state index in [4.69, 9.17) is 11.5 Å². The van der Waals surface area contributed by atoms with Crippen molar-refractivity contribution in [3.63, 3.8) is 0 Å². The molecule has 14 atom stereocenters. The maximum absolute atomic E-state index is 15.7. The zero-order valence-electron chi connectivity index (χ0n) is 75.0. The summed E-state index contributed by atoms with van der Waals surface area (Å²) in [7, 11) is 3.57. The summed E-state index contributed by atoms with van der Waals surface area (Å²) < 4.78 is 45.1. The number of amides is 15. The number of carbonyl (C=O) groups is 17. The molecule has 3 fully saturated rings. The number of para-hydroxylation sites is 1. The van der Waals surface area contributed by atoms with Crippen LogP contribution in [0.4, 0.5) is 13.2 Å². The first-order valence-electron chi connectivity index (χ1n) is 44.1. The molecule has 0 radical (unpaired) electrons. The van der Waals surface area contributed by atoms with E-state index >= 15 is 51.9 Å². The highest BCUT2D eigenvalue weighted by Gasteiger charge is 2.48. The largest absolute Gasteiger partial charge is 0.508 e. The van der Waals surface area contributed by atoms with Crippen molar-refractivity contribution in [2.75, 3.05) is 58.8 Å². The minimum atomic E-state index is -2.06. The topological polar surface area (TPSA) is 563 Å². The van der Waals surface area contributed by atoms with Crippen molar-refractivity contribution >= 4 is 123 Å². The van der Waals surface area contributed by atoms with Crippen LogP contribution in [0, 0.1) is 23.4 Å². The van der Waals surface area contributed by atoms with E-state index in [-0.39, 0.29) is 83.0 Å². The molecule has 0 aliphatic carbocycles. The number of carboxylic acids is 2. The number of rotatable bonds is 25. The summed E-state index contributed by atoms with van der Waals surface area (Å²) in [6.45, 7) is 3.13. The lowest BCUT2D eigenvalue weighted by atomic mass is 9.98. The number of aliphatic carboxylic acids is 2. The molecule has 0 saturated carbocycles. The molecule has 18 N–H and O–H groups in total. The Hall–Kier alpha value is -13.5. The molecule has 0 spiro atoms. The summed E-state index contributed by atoms with van der Waals surface area (Å²) in [5.74, 6) is -26.5. The number of nitrogens with two attached hydrogens (primary N) is 2. The Labute approximate surface area is 774 Å². The Bertz CT molecular complexity index is 5210. The molecule has 3 aliphatic heterocycles. The first-order chi connectivity index (χ1) is 63.7. The second kappa shape index (κ2) is 49.3. The Morgan fingerprint density at radius 2 is 1.09 bits per heavy atom. The fraction of sp³-hybridized carbons (Fsp3) is 0.467. The minimum Gasteiger partial charge on any atom is -0.508 e. The van der Waals surface area contributed by atoms with Gasteiger partial charge in [-0.2, -0.15) is 0 Å². The molecular weight excluding hydrogens is 1770 g/mol. The number of fused-ring (bicyclic) bond motifs is 3. The van der Waals surface area contributed by atoms with E-state index in [2.05, 4.69) is 52.8 Å². The van der Waals surface area contributed by atoms with Gasteiger partial charge < -0.3 is 109 Å². The maximum atomic E-state index is 15.7. The van der Waals surface area contributed by atoms with E-state index in [0.717, 1.165) is 31.5 Å². The number of likely N-dealkylation sites (N-methyl/N-ethyl adjacent to an activating group) is 3. The van der Waals surface area contributed by atoms with Crippen LogP contribution in [-0.4, -0.2) is 294 Å². The van der Waals surface area contributed by atoms with Gasteiger partial charge in [-0.15, -0.1) is 11.8 Å². The van der Waals surface area contributed by atoms with Gasteiger partial charge in [-0.05, 0) is 109 Å². The third-order valence-corrected chi connectivity index (χ3v) is 24.7. The number of H-pyrrole nitrogens is 1. The maximum Gasteiger partial charge on any atom is 0.305 e. The molecule has 0 unspecified atom stereocenters. The van der Waals surface area contributed by atoms with E-state index in [1.165, 1.54) is 52.2 Å². The van der Waals surface area contributed by atoms with Crippen molar-refractivity contribution in [2.24, 2.45) is 17.4 Å². The smallest absolute Gasteiger partial charge is 0.305 e. The summed E-state index contributed by atoms with van der Waals surface area (Å²) >= 11 is 0.636. The van der Waals surface area contributed by atoms with Crippen molar-refractivity contribution in [1.29, 1.82) is 0 Å². The Balaban J connectivity index is 1.14. The van der Waals surface area contributed by atoms with Gasteiger partial charge in [0.15, 0.2) is 17.5 Å². The summed E-state index contributed by atoms with van der Waals surface area (Å²) in [5, 5.41) is 65.9. The number of phenolic OH excluding ortho intramolecular Hbond substituents is 1. The molecule has 134 heavy (non-hydrogen) atoms. The number of nitrogens with one attached hydrogen (secondary N) is 10. The lowest BCUT2D eigenvalue weighted by Crippen LogP contribution is -2.62. The van der Waals surface area contributed by atoms with Gasteiger partial charge in [-0.3, -0.25) is 81.5 Å². The molecule has 722 valence electrons. The number of thioether (sulfide) groups is 1. The average molecular weight is 1890 g/mol. The molecule has 4 heterocycles. The standard InChI is InChI=1S/C92H116F3N17O21S/c1-7-8-26-70-91(132)112-47-57(114)43-72(112)87(128)105-66(44-77(119)120)84(125)107-79(50(2)3)92(133)109(5)71(40-51-19-11-9-12-20-51)86(127)102-63(32-33-76(117)118)89(130)111-35-18-27-69(111)85(126)104-65(42-55-45-98-61-24-16-15-23-58(55)61)83(124)103-64(38-53-28-30-56(113)31-29-53)82(123)101-62(25-17-34-96)81(122)106-68(80(121)99-46-74(97)115)48-134-49-75(116)100-67(39-54-36-59(93)78(95)60(94)37-54)88(129)110(6)73(90(131)108(70)4)41-52-21-13-10-14-22-52/h9-16,19-24,28-31,36-37,45,50,57,62-73,79,98,113-114H,7-8,17-18,25-27,32-35,38-44,46-49,96H2,1-6H3,(H2,97,115)(H,99,121)(H,100,116)(H,101,123)(H,102,127)(H,103,124)(H,104,126)(H,105,128)(H,106,122)(H,107,125)(H,117,118)(H,119,120)/t57-,62-,63+,64+,65+,66+,67-,68+,69-,70+,71-,72-,73+,79+/m1/s1. The van der Waals surface area contributed by atoms with Crippen LogP contribution in [0.2, 0.25) is 0 Å². The van der Waals surface area contributed by atoms with Crippen LogP contribution in [0.25, 0.3) is 10.9 Å². The molecule has 0 bridgehead atoms. The highest BCUT2D eigenvalue weighted by Crippen LogP contribution is 2.29. The first-order valence-corrected chi connectivity index (χ1v) is 45.2. The zero-order valence-corrected chi connectivity index (χ0v) is 75.8. The van der Waals surface area contributed by atoms with Crippen molar-refractivity contribution in [2.45, 2.75) is 208 Å². The Morgan fingerprint density at radius 1 is 0.537 bits per heavy atom. The fourth-order valence-electron chi connectivity index (χ4n) is 16.4. The van der Waals surface area contributed by atoms with Crippen molar-refractivity contribution in [1.82, 2.24) is 77.3 Å². The quantitative estimate of drug-likeness (QED) is 0.0345. The fourth-order valence-corrected chi connectivity index (χ4v) is 17.2. The molecule has 15 amide bonds. The van der Waals surface area contributed by atoms with Gasteiger partial charge >= 0.3 is 11.9 Å². The van der Waals surface area contributed by atoms with Crippen molar-refractivity contribution in [3.8, 4) is 5.75 Å². The third-order valence-electron chi connectivity index (χ3n) is 23.7. The molecule has 3 aliphatic rings. The number of aromatic amines is 1. The van der Waals surface area contributed by atoms with E-state index in [0.29, 0.717) is 63.5 Å². The molecule has 3 saturated heterocycles. The average Bonchev–Trinajstić information content (AvgIpc) is 1.48. The van der Waals surface area contributed by atoms with Gasteiger partial charge in [0.2, 0.25) is 88.6 Å². The van der Waals surface area contributed by atoms with Gasteiger partial charge in [-0.25, -0.2) is 13.2 Å². The number of nitrogens with zero attached hydrogens (tertiary/aromatic N) is 5. The van der Waals surface area contributed by atoms with Crippen LogP contribution in [0.15, 0.2) is 128 Å². The van der Waals surface area contributed by atoms with Crippen LogP contribution < -0.4 is 59.3 Å². The minimum absolute atomic E-state index is 0.0104. The van der Waals surface area contributed by atoms with Crippen molar-refractivity contribution in [3.05, 3.63) is 173 Å². The molecule has 9 rings (SSSR count). The number of benzene rings is 5. The predicted molar refractivity (Wildman–Crippen MR) is 481 cm³/mol. The monoisotopic (exact) mass is 1880 g/mol. The van der Waals surface area contributed by atoms with Crippen LogP contribution in [0.1, 0.15) is 119 Å². The number of carbonyl (C=O) groups excluding carboxylic acids is 15. The number of hydrogen-bond acceptors (Lipinski definition) is 21. The van der Waals surface area contributed by atoms with E-state index in [1.807, 2.05) is 0 Å². The van der Waals surface area contributed by atoms with Crippen LogP contribution >= 0.6 is 11.8 Å². The number of aromatic hydroxyl groups is 1. The second-order valence-electron chi connectivity index (χ2n) is 33.9. The van der Waals surface area contributed by atoms with Gasteiger partial charge in [0.1, 0.15) is 84.3 Å². The van der Waals surface area contributed by atoms with Crippen LogP contribution in [-0.2, 0) is 114 Å². The van der Waals surface area contributed by atoms with E-state index in [1.54, 1.807) is 98.0 Å². The van der Waals surface area contributed by atoms with Crippen molar-refractivity contribution < 1.29 is 115 Å². The summed E-state index contributed by atoms with van der Waals surface area (Å²) in [6, 6.07) is 7.56. The molecule has 1 aromatic heterocycles. The number of hydrogen-bond donors (Lipinski definition) is 16. The highest BCUT2D eigenvalue weighted by atomic mass is 32.2. The van der Waals surface area contributed by atoms with E-state index < -0.39 is 271 Å². The summed E-state index contributed by atoms with van der Waals surface area (Å²) in [4.78, 5) is 258. The third kappa shape index (κ3) is 28.8. The number of aromatic nitrogens is 1. The van der Waals surface area contributed by atoms with Crippen LogP contribution in [0.5, 0.6) is 5.75 Å². The summed E-state index contributed by atoms with van der Waals surface area (Å²) in [6.07, 6.45) is -4.79. The van der Waals surface area contributed by atoms with Gasteiger partial charge in [0.25, 0.3) is 0 Å². The number of aliphatic hydroxyl groups excluding tert-OH is 1. The number of carboxylic acid groups (broad SMARTS) is 2. The normalized spacial score (nSPS) is 24.0. The lowest BCUT2D eigenvalue weighted by molar-refractivity contribution is -0.152. The molecule has 5 aromatic carbocycles. The second-order valence-corrected chi connectivity index (χ2v) is 34.9. The molecule has 38 nitrogen and oxygen atoms in total. The highest BCUT2D eigenvalue weighted by molar-refractivity contribution is 8.00. The number of unbranched alkanes of at least 4 members (excludes halogenated alkanes) is 1. The van der Waals surface area contributed by atoms with E-state index in [9.17, 15) is 63.2 Å². The lowest BCUT2D eigenvalue weighted by Gasteiger charge is -2.38. The molecule has 6 aromatic rings. The van der Waals surface area contributed by atoms with Crippen LogP contribution in [0.3, 0.4) is 0 Å². The van der Waals surface area contributed by atoms with Gasteiger partial charge in [-0.1, -0.05) is 125 Å². The number of halogens is 3. The predicted octanol–water partition coefficient (Wildman–Crippen LogP) is 0.389. The number of aliphatic hydroxyl groups is 1. The SMILES string of the molecule is CCCC[C@H]1C(=O)N2C[C@H](O)C[C@@H]2C(=O)N[C@@H](CC(=O)O)C(=O)N[C@@H](C(C)C)C(=O)N(C)[C@H](Cc2ccccc2)C(=O)N[C@@H](CCC(=O)O)C(=O)N2CCC[C@@H]2C(=O)N[C@@H](Cc2c[nH]c3ccccc23)C(=O)N[C@@H](Cc2ccc(O)cc2)C(=O)N[C@H](CCCN)C(=O)N[C@H](C(=O)NCC(N)=O)CSCC(=O)N[C@H](Cc2cc(F)c(F)c(F)c2)C(=O)N(C)[C@@H](Cc2ccccc2)C(=O)N1C. The zero-order chi connectivity index (χ0) is 97.9. The molecule has 42 heteroatoms. The number of phenols is 1. The Morgan fingerprint density at radius 3 is 1.71 bits per heavy atom. The molecular formula is C92H116F3N17O21S. The summed E-state index contributed by atoms with van der Waals surface area (Å²) in [5.41, 5.74) is 13.3. The number of primary amides is 1. The van der Waals surface area contributed by atoms with Gasteiger partial charge in [0.05, 0.1) is 24.8 Å². The Kier molecular flexibility index (Phi) is 38.3.